The van der Waals surface area contributed by atoms with Gasteiger partial charge >= 0.3 is 0 Å². The third kappa shape index (κ3) is 3.33. The molecule has 1 saturated heterocycles. The second-order valence-electron chi connectivity index (χ2n) is 6.12. The molecule has 3 rings (SSSR count). The van der Waals surface area contributed by atoms with Crippen LogP contribution >= 0.6 is 0 Å². The van der Waals surface area contributed by atoms with Crippen molar-refractivity contribution in [2.24, 2.45) is 5.92 Å². The van der Waals surface area contributed by atoms with Crippen molar-refractivity contribution in [3.8, 4) is 11.3 Å². The lowest BCUT2D eigenvalue weighted by Gasteiger charge is -2.34. The highest BCUT2D eigenvalue weighted by atomic mass is 16.2. The van der Waals surface area contributed by atoms with Gasteiger partial charge in [0.1, 0.15) is 6.33 Å². The lowest BCUT2D eigenvalue weighted by Crippen LogP contribution is -2.40. The molecular weight excluding hydrogens is 288 g/mol. The van der Waals surface area contributed by atoms with Gasteiger partial charge in [-0.15, -0.1) is 0 Å². The summed E-state index contributed by atoms with van der Waals surface area (Å²) in [6.45, 7) is 1.72. The Kier molecular flexibility index (Phi) is 4.55. The topological polar surface area (TPSA) is 49.3 Å². The maximum atomic E-state index is 12.1. The van der Waals surface area contributed by atoms with Crippen LogP contribution in [0.2, 0.25) is 0 Å². The molecule has 1 aliphatic rings. The SMILES string of the molecule is CN(C)C(=O)C1CCN(c2cncnc2-c2ccccc2)CC1. The first-order valence-electron chi connectivity index (χ1n) is 7.98. The molecule has 1 fully saturated rings. The molecule has 0 saturated carbocycles. The number of aromatic nitrogens is 2. The van der Waals surface area contributed by atoms with Gasteiger partial charge in [-0.3, -0.25) is 4.79 Å². The van der Waals surface area contributed by atoms with Crippen LogP contribution in [0.4, 0.5) is 5.69 Å². The zero-order valence-corrected chi connectivity index (χ0v) is 13.6. The molecule has 5 nitrogen and oxygen atoms in total. The third-order valence-corrected chi connectivity index (χ3v) is 4.37. The van der Waals surface area contributed by atoms with E-state index in [0.29, 0.717) is 0 Å². The van der Waals surface area contributed by atoms with Gasteiger partial charge in [-0.05, 0) is 12.8 Å². The molecule has 1 aromatic carbocycles. The van der Waals surface area contributed by atoms with Gasteiger partial charge in [0.25, 0.3) is 0 Å². The molecule has 1 amide bonds. The fourth-order valence-corrected chi connectivity index (χ4v) is 3.10. The molecule has 120 valence electrons. The Morgan fingerprint density at radius 3 is 2.52 bits per heavy atom. The highest BCUT2D eigenvalue weighted by Gasteiger charge is 2.27. The molecule has 23 heavy (non-hydrogen) atoms. The Labute approximate surface area is 137 Å². The zero-order chi connectivity index (χ0) is 16.2. The molecule has 2 heterocycles. The summed E-state index contributed by atoms with van der Waals surface area (Å²) in [6, 6.07) is 10.2. The molecule has 1 aromatic heterocycles. The lowest BCUT2D eigenvalue weighted by molar-refractivity contribution is -0.133. The van der Waals surface area contributed by atoms with Crippen LogP contribution in [0.25, 0.3) is 11.3 Å². The average molecular weight is 310 g/mol. The van der Waals surface area contributed by atoms with E-state index < -0.39 is 0 Å². The standard InChI is InChI=1S/C18H22N4O/c1-21(2)18(23)15-8-10-22(11-9-15)16-12-19-13-20-17(16)14-6-4-3-5-7-14/h3-7,12-13,15H,8-11H2,1-2H3. The Balaban J connectivity index is 1.78. The van der Waals surface area contributed by atoms with E-state index in [9.17, 15) is 4.79 Å². The molecule has 0 unspecified atom stereocenters. The summed E-state index contributed by atoms with van der Waals surface area (Å²) < 4.78 is 0. The number of piperidine rings is 1. The number of anilines is 1. The van der Waals surface area contributed by atoms with E-state index in [1.165, 1.54) is 0 Å². The van der Waals surface area contributed by atoms with Gasteiger partial charge in [-0.25, -0.2) is 9.97 Å². The summed E-state index contributed by atoms with van der Waals surface area (Å²) in [5.41, 5.74) is 3.10. The first-order chi connectivity index (χ1) is 11.2. The van der Waals surface area contributed by atoms with Crippen molar-refractivity contribution < 1.29 is 4.79 Å². The molecule has 1 aliphatic heterocycles. The Morgan fingerprint density at radius 2 is 1.87 bits per heavy atom. The molecule has 0 spiro atoms. The predicted molar refractivity (Wildman–Crippen MR) is 91.1 cm³/mol. The fraction of sp³-hybridized carbons (Fsp3) is 0.389. The Hall–Kier alpha value is -2.43. The number of nitrogens with zero attached hydrogens (tertiary/aromatic N) is 4. The summed E-state index contributed by atoms with van der Waals surface area (Å²) in [5, 5.41) is 0. The van der Waals surface area contributed by atoms with Gasteiger partial charge in [0.15, 0.2) is 0 Å². The summed E-state index contributed by atoms with van der Waals surface area (Å²) in [4.78, 5) is 24.8. The van der Waals surface area contributed by atoms with Gasteiger partial charge in [-0.1, -0.05) is 30.3 Å². The minimum Gasteiger partial charge on any atom is -0.368 e. The van der Waals surface area contributed by atoms with Gasteiger partial charge in [0, 0.05) is 38.7 Å². The average Bonchev–Trinajstić information content (AvgIpc) is 2.62. The van der Waals surface area contributed by atoms with Crippen LogP contribution in [0.1, 0.15) is 12.8 Å². The summed E-state index contributed by atoms with van der Waals surface area (Å²) >= 11 is 0. The monoisotopic (exact) mass is 310 g/mol. The van der Waals surface area contributed by atoms with Crippen molar-refractivity contribution in [1.29, 1.82) is 0 Å². The number of hydrogen-bond acceptors (Lipinski definition) is 4. The van der Waals surface area contributed by atoms with Gasteiger partial charge in [0.2, 0.25) is 5.91 Å². The van der Waals surface area contributed by atoms with E-state index in [2.05, 4.69) is 27.0 Å². The number of carbonyl (C=O) groups is 1. The normalized spacial score (nSPS) is 15.5. The van der Waals surface area contributed by atoms with Crippen molar-refractivity contribution in [2.75, 3.05) is 32.1 Å². The number of benzene rings is 1. The van der Waals surface area contributed by atoms with E-state index in [-0.39, 0.29) is 11.8 Å². The van der Waals surface area contributed by atoms with Crippen LogP contribution in [-0.2, 0) is 4.79 Å². The molecule has 0 aliphatic carbocycles. The highest BCUT2D eigenvalue weighted by Crippen LogP contribution is 2.31. The van der Waals surface area contributed by atoms with Crippen molar-refractivity contribution in [1.82, 2.24) is 14.9 Å². The minimum absolute atomic E-state index is 0.131. The highest BCUT2D eigenvalue weighted by molar-refractivity contribution is 5.79. The van der Waals surface area contributed by atoms with Crippen LogP contribution < -0.4 is 4.90 Å². The Bertz CT molecular complexity index is 664. The molecule has 0 N–H and O–H groups in total. The van der Waals surface area contributed by atoms with E-state index in [0.717, 1.165) is 42.9 Å². The second-order valence-corrected chi connectivity index (χ2v) is 6.12. The van der Waals surface area contributed by atoms with Crippen molar-refractivity contribution in [2.45, 2.75) is 12.8 Å². The number of hydrogen-bond donors (Lipinski definition) is 0. The maximum Gasteiger partial charge on any atom is 0.225 e. The van der Waals surface area contributed by atoms with E-state index in [1.54, 1.807) is 11.2 Å². The fourth-order valence-electron chi connectivity index (χ4n) is 3.10. The largest absolute Gasteiger partial charge is 0.368 e. The second kappa shape index (κ2) is 6.77. The van der Waals surface area contributed by atoms with E-state index in [4.69, 9.17) is 0 Å². The van der Waals surface area contributed by atoms with Crippen LogP contribution in [0.15, 0.2) is 42.9 Å². The molecule has 0 radical (unpaired) electrons. The van der Waals surface area contributed by atoms with E-state index >= 15 is 0 Å². The third-order valence-electron chi connectivity index (χ3n) is 4.37. The Morgan fingerprint density at radius 1 is 1.17 bits per heavy atom. The maximum absolute atomic E-state index is 12.1. The van der Waals surface area contributed by atoms with Crippen molar-refractivity contribution in [3.05, 3.63) is 42.9 Å². The molecule has 0 bridgehead atoms. The first-order valence-corrected chi connectivity index (χ1v) is 7.98. The van der Waals surface area contributed by atoms with E-state index in [1.807, 2.05) is 38.5 Å². The number of carbonyl (C=O) groups excluding carboxylic acids is 1. The van der Waals surface area contributed by atoms with Crippen molar-refractivity contribution >= 4 is 11.6 Å². The van der Waals surface area contributed by atoms with Gasteiger partial charge in [0.05, 0.1) is 17.6 Å². The van der Waals surface area contributed by atoms with Gasteiger partial charge in [-0.2, -0.15) is 0 Å². The molecule has 2 aromatic rings. The first kappa shape index (κ1) is 15.5. The molecule has 5 heteroatoms. The molecular formula is C18H22N4O. The zero-order valence-electron chi connectivity index (χ0n) is 13.6. The quantitative estimate of drug-likeness (QED) is 0.874. The van der Waals surface area contributed by atoms with Crippen LogP contribution in [0.5, 0.6) is 0 Å². The number of amides is 1. The summed E-state index contributed by atoms with van der Waals surface area (Å²) in [7, 11) is 3.65. The molecule has 0 atom stereocenters. The van der Waals surface area contributed by atoms with Crippen LogP contribution in [0.3, 0.4) is 0 Å². The van der Waals surface area contributed by atoms with Crippen LogP contribution in [-0.4, -0.2) is 48.0 Å². The van der Waals surface area contributed by atoms with Crippen LogP contribution in [0, 0.1) is 5.92 Å². The minimum atomic E-state index is 0.131. The smallest absolute Gasteiger partial charge is 0.225 e. The van der Waals surface area contributed by atoms with Gasteiger partial charge < -0.3 is 9.80 Å². The summed E-state index contributed by atoms with van der Waals surface area (Å²) in [5.74, 6) is 0.364. The lowest BCUT2D eigenvalue weighted by atomic mass is 9.95. The summed E-state index contributed by atoms with van der Waals surface area (Å²) in [6.07, 6.45) is 5.22. The number of rotatable bonds is 3. The predicted octanol–water partition coefficient (Wildman–Crippen LogP) is 2.45. The van der Waals surface area contributed by atoms with Crippen molar-refractivity contribution in [3.63, 3.8) is 0 Å².